The first-order chi connectivity index (χ1) is 6.86. The molecule has 0 bridgehead atoms. The highest BCUT2D eigenvalue weighted by molar-refractivity contribution is 7.08. The Balaban J connectivity index is 1.79. The van der Waals surface area contributed by atoms with Crippen molar-refractivity contribution in [2.75, 3.05) is 26.3 Å². The first kappa shape index (κ1) is 9.96. The van der Waals surface area contributed by atoms with E-state index in [0.717, 1.165) is 25.4 Å². The Labute approximate surface area is 88.0 Å². The van der Waals surface area contributed by atoms with Crippen LogP contribution in [0.15, 0.2) is 10.8 Å². The van der Waals surface area contributed by atoms with E-state index in [1.807, 2.05) is 5.38 Å². The number of hydrogen-bond donors (Lipinski definition) is 1. The Kier molecular flexibility index (Phi) is 3.39. The highest BCUT2D eigenvalue weighted by atomic mass is 32.1. The second-order valence-corrected chi connectivity index (χ2v) is 4.17. The molecular weight excluding hydrogens is 198 g/mol. The highest BCUT2D eigenvalue weighted by Crippen LogP contribution is 2.22. The molecule has 3 nitrogen and oxygen atoms in total. The van der Waals surface area contributed by atoms with Crippen molar-refractivity contribution in [3.8, 4) is 5.75 Å². The van der Waals surface area contributed by atoms with Crippen LogP contribution in [0.4, 0.5) is 0 Å². The van der Waals surface area contributed by atoms with Gasteiger partial charge in [0.2, 0.25) is 0 Å². The van der Waals surface area contributed by atoms with Crippen LogP contribution in [0.1, 0.15) is 5.56 Å². The molecule has 0 spiro atoms. The number of ether oxygens (including phenoxy) is 2. The largest absolute Gasteiger partial charge is 0.490 e. The molecule has 1 aromatic rings. The Morgan fingerprint density at radius 3 is 3.21 bits per heavy atom. The molecule has 4 heteroatoms. The molecule has 1 aliphatic heterocycles. The van der Waals surface area contributed by atoms with E-state index < -0.39 is 0 Å². The zero-order valence-corrected chi connectivity index (χ0v) is 9.10. The highest BCUT2D eigenvalue weighted by Gasteiger charge is 2.14. The number of thiophene rings is 1. The molecule has 1 atom stereocenters. The maximum absolute atomic E-state index is 5.66. The first-order valence-electron chi connectivity index (χ1n) is 4.84. The van der Waals surface area contributed by atoms with E-state index in [4.69, 9.17) is 9.47 Å². The Morgan fingerprint density at radius 2 is 2.57 bits per heavy atom. The van der Waals surface area contributed by atoms with E-state index in [2.05, 4.69) is 17.6 Å². The summed E-state index contributed by atoms with van der Waals surface area (Å²) in [5.41, 5.74) is 1.21. The van der Waals surface area contributed by atoms with Gasteiger partial charge in [-0.3, -0.25) is 0 Å². The van der Waals surface area contributed by atoms with Crippen LogP contribution in [-0.4, -0.2) is 32.4 Å². The number of hydrogen-bond acceptors (Lipinski definition) is 4. The van der Waals surface area contributed by atoms with Gasteiger partial charge >= 0.3 is 0 Å². The molecular formula is C10H15NO2S. The zero-order valence-electron chi connectivity index (χ0n) is 8.29. The lowest BCUT2D eigenvalue weighted by molar-refractivity contribution is 0.000162. The molecule has 2 heterocycles. The van der Waals surface area contributed by atoms with E-state index in [1.54, 1.807) is 11.3 Å². The third kappa shape index (κ3) is 2.47. The van der Waals surface area contributed by atoms with E-state index in [1.165, 1.54) is 5.56 Å². The average Bonchev–Trinajstić information content (AvgIpc) is 2.63. The minimum Gasteiger partial charge on any atom is -0.490 e. The van der Waals surface area contributed by atoms with Gasteiger partial charge in [0, 0.05) is 24.0 Å². The lowest BCUT2D eigenvalue weighted by atomic mass is 10.3. The summed E-state index contributed by atoms with van der Waals surface area (Å²) in [6.45, 7) is 5.34. The van der Waals surface area contributed by atoms with Crippen LogP contribution in [0.5, 0.6) is 5.75 Å². The molecule has 0 aliphatic carbocycles. The summed E-state index contributed by atoms with van der Waals surface area (Å²) in [7, 11) is 0. The molecule has 1 N–H and O–H groups in total. The van der Waals surface area contributed by atoms with Gasteiger partial charge in [-0.25, -0.2) is 0 Å². The number of rotatable bonds is 3. The molecule has 1 unspecified atom stereocenters. The van der Waals surface area contributed by atoms with Gasteiger partial charge in [-0.15, -0.1) is 11.3 Å². The monoisotopic (exact) mass is 213 g/mol. The summed E-state index contributed by atoms with van der Waals surface area (Å²) in [5, 5.41) is 7.40. The van der Waals surface area contributed by atoms with E-state index in [-0.39, 0.29) is 6.10 Å². The fraction of sp³-hybridized carbons (Fsp3) is 0.600. The van der Waals surface area contributed by atoms with Gasteiger partial charge in [-0.1, -0.05) is 0 Å². The smallest absolute Gasteiger partial charge is 0.133 e. The average molecular weight is 213 g/mol. The second kappa shape index (κ2) is 4.77. The molecule has 2 rings (SSSR count). The van der Waals surface area contributed by atoms with Crippen molar-refractivity contribution in [3.63, 3.8) is 0 Å². The fourth-order valence-electron chi connectivity index (χ4n) is 1.41. The molecule has 1 aromatic heterocycles. The maximum atomic E-state index is 5.66. The Bertz CT molecular complexity index is 281. The SMILES string of the molecule is Cc1cscc1OCC1CNCCO1. The third-order valence-electron chi connectivity index (χ3n) is 2.24. The van der Waals surface area contributed by atoms with Crippen molar-refractivity contribution in [2.24, 2.45) is 0 Å². The minimum absolute atomic E-state index is 0.197. The summed E-state index contributed by atoms with van der Waals surface area (Å²) in [5.74, 6) is 0.990. The van der Waals surface area contributed by atoms with Gasteiger partial charge in [0.1, 0.15) is 18.5 Å². The molecule has 0 amide bonds. The van der Waals surface area contributed by atoms with Crippen molar-refractivity contribution >= 4 is 11.3 Å². The molecule has 1 saturated heterocycles. The van der Waals surface area contributed by atoms with E-state index >= 15 is 0 Å². The van der Waals surface area contributed by atoms with Crippen LogP contribution in [0.2, 0.25) is 0 Å². The number of nitrogens with one attached hydrogen (secondary N) is 1. The van der Waals surface area contributed by atoms with Crippen LogP contribution in [0.3, 0.4) is 0 Å². The molecule has 0 radical (unpaired) electrons. The number of morpholine rings is 1. The normalized spacial score (nSPS) is 22.2. The van der Waals surface area contributed by atoms with Crippen molar-refractivity contribution in [1.29, 1.82) is 0 Å². The van der Waals surface area contributed by atoms with Crippen LogP contribution >= 0.6 is 11.3 Å². The molecule has 1 aliphatic rings. The molecule has 0 saturated carbocycles. The zero-order chi connectivity index (χ0) is 9.80. The minimum atomic E-state index is 0.197. The van der Waals surface area contributed by atoms with Crippen molar-refractivity contribution < 1.29 is 9.47 Å². The third-order valence-corrected chi connectivity index (χ3v) is 3.08. The van der Waals surface area contributed by atoms with Gasteiger partial charge < -0.3 is 14.8 Å². The first-order valence-corrected chi connectivity index (χ1v) is 5.78. The van der Waals surface area contributed by atoms with Crippen LogP contribution in [0.25, 0.3) is 0 Å². The van der Waals surface area contributed by atoms with Crippen molar-refractivity contribution in [1.82, 2.24) is 5.32 Å². The second-order valence-electron chi connectivity index (χ2n) is 3.43. The summed E-state index contributed by atoms with van der Waals surface area (Å²) in [6.07, 6.45) is 0.197. The Morgan fingerprint density at radius 1 is 1.64 bits per heavy atom. The molecule has 0 aromatic carbocycles. The van der Waals surface area contributed by atoms with Gasteiger partial charge in [-0.05, 0) is 12.3 Å². The predicted molar refractivity (Wildman–Crippen MR) is 57.2 cm³/mol. The van der Waals surface area contributed by atoms with Crippen molar-refractivity contribution in [2.45, 2.75) is 13.0 Å². The topological polar surface area (TPSA) is 30.5 Å². The van der Waals surface area contributed by atoms with Gasteiger partial charge in [0.25, 0.3) is 0 Å². The molecule has 14 heavy (non-hydrogen) atoms. The van der Waals surface area contributed by atoms with E-state index in [0.29, 0.717) is 6.61 Å². The van der Waals surface area contributed by atoms with Crippen LogP contribution < -0.4 is 10.1 Å². The van der Waals surface area contributed by atoms with Crippen molar-refractivity contribution in [3.05, 3.63) is 16.3 Å². The fourth-order valence-corrected chi connectivity index (χ4v) is 2.17. The van der Waals surface area contributed by atoms with Crippen LogP contribution in [0, 0.1) is 6.92 Å². The van der Waals surface area contributed by atoms with Crippen LogP contribution in [-0.2, 0) is 4.74 Å². The molecule has 1 fully saturated rings. The van der Waals surface area contributed by atoms with Gasteiger partial charge in [0.15, 0.2) is 0 Å². The predicted octanol–water partition coefficient (Wildman–Crippen LogP) is 1.42. The molecule has 78 valence electrons. The van der Waals surface area contributed by atoms with Gasteiger partial charge in [0.05, 0.1) is 6.61 Å². The number of aryl methyl sites for hydroxylation is 1. The standard InChI is InChI=1S/C10H15NO2S/c1-8-6-14-7-10(8)13-5-9-4-11-2-3-12-9/h6-7,9,11H,2-5H2,1H3. The maximum Gasteiger partial charge on any atom is 0.133 e. The summed E-state index contributed by atoms with van der Waals surface area (Å²) in [4.78, 5) is 0. The summed E-state index contributed by atoms with van der Waals surface area (Å²) < 4.78 is 11.2. The summed E-state index contributed by atoms with van der Waals surface area (Å²) in [6, 6.07) is 0. The summed E-state index contributed by atoms with van der Waals surface area (Å²) >= 11 is 1.67. The van der Waals surface area contributed by atoms with Gasteiger partial charge in [-0.2, -0.15) is 0 Å². The van der Waals surface area contributed by atoms with E-state index in [9.17, 15) is 0 Å². The Hall–Kier alpha value is -0.580. The lowest BCUT2D eigenvalue weighted by Gasteiger charge is -2.23. The quantitative estimate of drug-likeness (QED) is 0.824. The lowest BCUT2D eigenvalue weighted by Crippen LogP contribution is -2.41.